The Morgan fingerprint density at radius 2 is 1.81 bits per heavy atom. The lowest BCUT2D eigenvalue weighted by Crippen LogP contribution is -2.42. The van der Waals surface area contributed by atoms with E-state index >= 15 is 0 Å². The van der Waals surface area contributed by atoms with Crippen LogP contribution in [-0.2, 0) is 26.9 Å². The van der Waals surface area contributed by atoms with Crippen LogP contribution < -0.4 is 0 Å². The second-order valence-electron chi connectivity index (χ2n) is 8.63. The first kappa shape index (κ1) is 22.7. The van der Waals surface area contributed by atoms with Crippen molar-refractivity contribution in [3.63, 3.8) is 0 Å². The zero-order valence-electron chi connectivity index (χ0n) is 18.4. The summed E-state index contributed by atoms with van der Waals surface area (Å²) in [5.74, 6) is -0.588. The molecule has 1 amide bonds. The van der Waals surface area contributed by atoms with Crippen molar-refractivity contribution in [2.24, 2.45) is 5.92 Å². The molecule has 1 saturated carbocycles. The minimum absolute atomic E-state index is 0.0327. The number of benzene rings is 2. The predicted molar refractivity (Wildman–Crippen MR) is 129 cm³/mol. The number of carbonyl (C=O) groups excluding carboxylic acids is 1. The highest BCUT2D eigenvalue weighted by Gasteiger charge is 2.35. The Labute approximate surface area is 194 Å². The van der Waals surface area contributed by atoms with Crippen LogP contribution in [0.25, 0.3) is 10.6 Å². The Kier molecular flexibility index (Phi) is 6.76. The fourth-order valence-electron chi connectivity index (χ4n) is 3.82. The van der Waals surface area contributed by atoms with Gasteiger partial charge in [0, 0.05) is 23.5 Å². The van der Waals surface area contributed by atoms with Crippen molar-refractivity contribution < 1.29 is 13.2 Å². The van der Waals surface area contributed by atoms with Gasteiger partial charge in [-0.25, -0.2) is 13.4 Å². The smallest absolute Gasteiger partial charge is 0.238 e. The minimum Gasteiger partial charge on any atom is -0.335 e. The molecule has 1 aliphatic rings. The first-order chi connectivity index (χ1) is 15.3. The fraction of sp³-hybridized carbons (Fsp3) is 0.360. The standard InChI is InChI=1S/C25H28N2O3S2/c1-18-8-10-22(11-9-18)25-26-23(15-31-25)16-32(29,30)17-24(28)27(19(2)21-12-13-21)14-20-6-4-3-5-7-20/h3-11,15,19,21H,12-14,16-17H2,1-2H3. The van der Waals surface area contributed by atoms with Gasteiger partial charge in [-0.15, -0.1) is 11.3 Å². The van der Waals surface area contributed by atoms with Crippen molar-refractivity contribution in [2.45, 2.75) is 45.0 Å². The Morgan fingerprint density at radius 1 is 1.12 bits per heavy atom. The predicted octanol–water partition coefficient (Wildman–Crippen LogP) is 4.86. The highest BCUT2D eigenvalue weighted by Crippen LogP contribution is 2.36. The number of aromatic nitrogens is 1. The molecule has 1 unspecified atom stereocenters. The second kappa shape index (κ2) is 9.55. The molecular weight excluding hydrogens is 440 g/mol. The van der Waals surface area contributed by atoms with Gasteiger partial charge in [0.2, 0.25) is 5.91 Å². The molecule has 1 fully saturated rings. The van der Waals surface area contributed by atoms with E-state index < -0.39 is 15.6 Å². The quantitative estimate of drug-likeness (QED) is 0.450. The van der Waals surface area contributed by atoms with E-state index in [1.807, 2.05) is 68.4 Å². The average molecular weight is 469 g/mol. The number of hydrogen-bond donors (Lipinski definition) is 0. The lowest BCUT2D eigenvalue weighted by molar-refractivity contribution is -0.131. The van der Waals surface area contributed by atoms with Crippen LogP contribution in [0.4, 0.5) is 0 Å². The molecule has 32 heavy (non-hydrogen) atoms. The summed E-state index contributed by atoms with van der Waals surface area (Å²) in [5.41, 5.74) is 3.62. The zero-order chi connectivity index (χ0) is 22.7. The molecule has 0 N–H and O–H groups in total. The van der Waals surface area contributed by atoms with Crippen molar-refractivity contribution >= 4 is 27.1 Å². The Morgan fingerprint density at radius 3 is 2.47 bits per heavy atom. The number of aryl methyl sites for hydroxylation is 1. The van der Waals surface area contributed by atoms with Crippen molar-refractivity contribution in [1.29, 1.82) is 0 Å². The van der Waals surface area contributed by atoms with Crippen LogP contribution >= 0.6 is 11.3 Å². The molecule has 0 radical (unpaired) electrons. The molecule has 3 aromatic rings. The van der Waals surface area contributed by atoms with Crippen LogP contribution in [0, 0.1) is 12.8 Å². The third-order valence-electron chi connectivity index (χ3n) is 5.87. The zero-order valence-corrected chi connectivity index (χ0v) is 20.0. The van der Waals surface area contributed by atoms with E-state index in [2.05, 4.69) is 4.98 Å². The van der Waals surface area contributed by atoms with Crippen LogP contribution in [0.15, 0.2) is 60.0 Å². The molecule has 168 valence electrons. The van der Waals surface area contributed by atoms with Crippen LogP contribution in [0.1, 0.15) is 36.6 Å². The molecule has 0 spiro atoms. The largest absolute Gasteiger partial charge is 0.335 e. The summed E-state index contributed by atoms with van der Waals surface area (Å²) in [7, 11) is -3.63. The Balaban J connectivity index is 1.45. The van der Waals surface area contributed by atoms with E-state index in [4.69, 9.17) is 0 Å². The summed E-state index contributed by atoms with van der Waals surface area (Å²) in [6, 6.07) is 17.8. The maximum absolute atomic E-state index is 13.1. The van der Waals surface area contributed by atoms with Gasteiger partial charge in [-0.3, -0.25) is 4.79 Å². The second-order valence-corrected chi connectivity index (χ2v) is 11.6. The maximum atomic E-state index is 13.1. The van der Waals surface area contributed by atoms with Gasteiger partial charge in [-0.1, -0.05) is 60.2 Å². The summed E-state index contributed by atoms with van der Waals surface area (Å²) in [4.78, 5) is 19.4. The van der Waals surface area contributed by atoms with Gasteiger partial charge in [0.05, 0.1) is 11.4 Å². The van der Waals surface area contributed by atoms with E-state index in [-0.39, 0.29) is 17.7 Å². The lowest BCUT2D eigenvalue weighted by Gasteiger charge is -2.29. The molecule has 1 atom stereocenters. The first-order valence-electron chi connectivity index (χ1n) is 10.9. The average Bonchev–Trinajstić information content (AvgIpc) is 3.52. The number of hydrogen-bond acceptors (Lipinski definition) is 5. The third-order valence-corrected chi connectivity index (χ3v) is 8.24. The minimum atomic E-state index is -3.63. The van der Waals surface area contributed by atoms with E-state index in [0.29, 0.717) is 18.2 Å². The number of amides is 1. The molecule has 1 heterocycles. The number of sulfone groups is 1. The highest BCUT2D eigenvalue weighted by molar-refractivity contribution is 7.91. The topological polar surface area (TPSA) is 67.3 Å². The number of rotatable bonds is 9. The molecule has 0 saturated heterocycles. The van der Waals surface area contributed by atoms with Crippen molar-refractivity contribution in [3.05, 3.63) is 76.8 Å². The van der Waals surface area contributed by atoms with Crippen LogP contribution in [-0.4, -0.2) is 36.0 Å². The van der Waals surface area contributed by atoms with Crippen LogP contribution in [0.5, 0.6) is 0 Å². The summed E-state index contributed by atoms with van der Waals surface area (Å²) >= 11 is 1.42. The van der Waals surface area contributed by atoms with Gasteiger partial charge >= 0.3 is 0 Å². The number of carbonyl (C=O) groups is 1. The molecule has 7 heteroatoms. The molecule has 5 nitrogen and oxygen atoms in total. The van der Waals surface area contributed by atoms with E-state index in [9.17, 15) is 13.2 Å². The fourth-order valence-corrected chi connectivity index (χ4v) is 6.00. The Bertz CT molecular complexity index is 1170. The molecule has 1 aromatic heterocycles. The van der Waals surface area contributed by atoms with Gasteiger partial charge in [-0.2, -0.15) is 0 Å². The van der Waals surface area contributed by atoms with Crippen molar-refractivity contribution in [1.82, 2.24) is 9.88 Å². The third kappa shape index (κ3) is 5.84. The van der Waals surface area contributed by atoms with E-state index in [0.717, 1.165) is 34.5 Å². The normalized spacial score (nSPS) is 14.8. The molecule has 0 aliphatic heterocycles. The Hall–Kier alpha value is -2.51. The molecular formula is C25H28N2O3S2. The number of thiazole rings is 1. The van der Waals surface area contributed by atoms with Gasteiger partial charge in [0.25, 0.3) is 0 Å². The lowest BCUT2D eigenvalue weighted by atomic mass is 10.1. The van der Waals surface area contributed by atoms with E-state index in [1.165, 1.54) is 11.3 Å². The van der Waals surface area contributed by atoms with Gasteiger partial charge in [0.15, 0.2) is 9.84 Å². The summed E-state index contributed by atoms with van der Waals surface area (Å²) < 4.78 is 25.8. The molecule has 4 rings (SSSR count). The van der Waals surface area contributed by atoms with Gasteiger partial charge in [-0.05, 0) is 38.2 Å². The summed E-state index contributed by atoms with van der Waals surface area (Å²) in [6.07, 6.45) is 2.18. The number of nitrogens with zero attached hydrogens (tertiary/aromatic N) is 2. The van der Waals surface area contributed by atoms with Crippen molar-refractivity contribution in [3.8, 4) is 10.6 Å². The van der Waals surface area contributed by atoms with Crippen LogP contribution in [0.2, 0.25) is 0 Å². The summed E-state index contributed by atoms with van der Waals surface area (Å²) in [6.45, 7) is 4.48. The van der Waals surface area contributed by atoms with Gasteiger partial charge in [0.1, 0.15) is 10.8 Å². The molecule has 1 aliphatic carbocycles. The van der Waals surface area contributed by atoms with E-state index in [1.54, 1.807) is 10.3 Å². The summed E-state index contributed by atoms with van der Waals surface area (Å²) in [5, 5.41) is 2.56. The first-order valence-corrected chi connectivity index (χ1v) is 13.6. The molecule has 0 bridgehead atoms. The van der Waals surface area contributed by atoms with Crippen molar-refractivity contribution in [2.75, 3.05) is 5.75 Å². The van der Waals surface area contributed by atoms with Gasteiger partial charge < -0.3 is 4.90 Å². The highest BCUT2D eigenvalue weighted by atomic mass is 32.2. The SMILES string of the molecule is Cc1ccc(-c2nc(CS(=O)(=O)CC(=O)N(Cc3ccccc3)C(C)C3CC3)cs2)cc1. The van der Waals surface area contributed by atoms with Crippen LogP contribution in [0.3, 0.4) is 0 Å². The maximum Gasteiger partial charge on any atom is 0.238 e. The molecule has 2 aromatic carbocycles. The monoisotopic (exact) mass is 468 g/mol.